The van der Waals surface area contributed by atoms with Crippen LogP contribution in [0.1, 0.15) is 49.1 Å². The fraction of sp³-hybridized carbons (Fsp3) is 0.370. The smallest absolute Gasteiger partial charge is 0.335 e. The Balaban J connectivity index is 1.40. The lowest BCUT2D eigenvalue weighted by Crippen LogP contribution is -2.50. The molecule has 0 aliphatic carbocycles. The predicted octanol–water partition coefficient (Wildman–Crippen LogP) is 1.38. The molecule has 0 unspecified atom stereocenters. The van der Waals surface area contributed by atoms with Crippen LogP contribution in [0.15, 0.2) is 42.5 Å². The number of guanidine groups is 1. The zero-order chi connectivity index (χ0) is 27.4. The molecule has 0 radical (unpaired) electrons. The minimum absolute atomic E-state index is 0.0444. The summed E-state index contributed by atoms with van der Waals surface area (Å²) in [4.78, 5) is 45.3. The monoisotopic (exact) mass is 519 g/mol. The number of hydrogen-bond acceptors (Lipinski definition) is 6. The lowest BCUT2D eigenvalue weighted by atomic mass is 10.0. The van der Waals surface area contributed by atoms with E-state index in [1.165, 1.54) is 6.07 Å². The van der Waals surface area contributed by atoms with Gasteiger partial charge in [-0.2, -0.15) is 0 Å². The van der Waals surface area contributed by atoms with Crippen molar-refractivity contribution < 1.29 is 19.5 Å². The number of aromatic carboxylic acids is 1. The normalized spacial score (nSPS) is 16.3. The van der Waals surface area contributed by atoms with Gasteiger partial charge >= 0.3 is 5.97 Å². The zero-order valence-corrected chi connectivity index (χ0v) is 21.4. The van der Waals surface area contributed by atoms with Crippen LogP contribution in [-0.4, -0.2) is 107 Å². The second-order valence-electron chi connectivity index (χ2n) is 9.66. The van der Waals surface area contributed by atoms with Crippen LogP contribution >= 0.6 is 0 Å². The highest BCUT2D eigenvalue weighted by molar-refractivity contribution is 6.00. The van der Waals surface area contributed by atoms with Gasteiger partial charge in [-0.1, -0.05) is 12.1 Å². The molecule has 11 nitrogen and oxygen atoms in total. The van der Waals surface area contributed by atoms with Crippen molar-refractivity contribution >= 4 is 29.5 Å². The molecule has 2 fully saturated rings. The second kappa shape index (κ2) is 11.4. The molecule has 2 saturated heterocycles. The number of carbonyl (C=O) groups excluding carboxylic acids is 2. The third kappa shape index (κ3) is 6.17. The molecular formula is C27H33N7O4. The Morgan fingerprint density at radius 1 is 0.737 bits per heavy atom. The Hall–Kier alpha value is -4.25. The number of benzene rings is 2. The molecule has 200 valence electrons. The molecule has 2 amide bonds. The Kier molecular flexibility index (Phi) is 8.06. The fourth-order valence-electron chi connectivity index (χ4n) is 4.78. The predicted molar refractivity (Wildman–Crippen MR) is 143 cm³/mol. The molecule has 2 heterocycles. The molecule has 2 aromatic rings. The van der Waals surface area contributed by atoms with Gasteiger partial charge in [0.25, 0.3) is 11.8 Å². The quantitative estimate of drug-likeness (QED) is 0.332. The Labute approximate surface area is 221 Å². The average Bonchev–Trinajstić information content (AvgIpc) is 2.92. The van der Waals surface area contributed by atoms with Crippen molar-refractivity contribution in [2.75, 3.05) is 52.4 Å². The van der Waals surface area contributed by atoms with Gasteiger partial charge in [-0.05, 0) is 48.4 Å². The number of nitrogens with two attached hydrogens (primary N) is 1. The number of carboxylic acid groups (broad SMARTS) is 1. The van der Waals surface area contributed by atoms with E-state index in [9.17, 15) is 19.5 Å². The summed E-state index contributed by atoms with van der Waals surface area (Å²) < 4.78 is 0. The second-order valence-corrected chi connectivity index (χ2v) is 9.66. The number of rotatable bonds is 6. The van der Waals surface area contributed by atoms with Gasteiger partial charge in [-0.15, -0.1) is 0 Å². The van der Waals surface area contributed by atoms with E-state index < -0.39 is 5.97 Å². The first-order valence-electron chi connectivity index (χ1n) is 12.5. The summed E-state index contributed by atoms with van der Waals surface area (Å²) in [6.45, 7) is 6.24. The third-order valence-corrected chi connectivity index (χ3v) is 7.02. The average molecular weight is 520 g/mol. The summed E-state index contributed by atoms with van der Waals surface area (Å²) >= 11 is 0. The van der Waals surface area contributed by atoms with Gasteiger partial charge in [0, 0.05) is 75.7 Å². The number of nitrogens with one attached hydrogen (secondary N) is 2. The molecule has 2 aliphatic heterocycles. The molecule has 38 heavy (non-hydrogen) atoms. The lowest BCUT2D eigenvalue weighted by Gasteiger charge is -2.35. The summed E-state index contributed by atoms with van der Waals surface area (Å²) in [5.41, 5.74) is 8.42. The van der Waals surface area contributed by atoms with E-state index in [2.05, 4.69) is 4.90 Å². The van der Waals surface area contributed by atoms with Crippen molar-refractivity contribution in [3.8, 4) is 0 Å². The van der Waals surface area contributed by atoms with E-state index in [1.807, 2.05) is 0 Å². The topological polar surface area (TPSA) is 158 Å². The molecule has 0 spiro atoms. The maximum Gasteiger partial charge on any atom is 0.335 e. The van der Waals surface area contributed by atoms with Gasteiger partial charge in [0.1, 0.15) is 0 Å². The number of hydrogen-bond donors (Lipinski definition) is 4. The van der Waals surface area contributed by atoms with Crippen LogP contribution in [0.4, 0.5) is 0 Å². The molecule has 11 heteroatoms. The van der Waals surface area contributed by atoms with Gasteiger partial charge in [0.05, 0.1) is 5.56 Å². The van der Waals surface area contributed by atoms with Crippen LogP contribution in [0.5, 0.6) is 0 Å². The summed E-state index contributed by atoms with van der Waals surface area (Å²) in [6, 6.07) is 11.7. The highest BCUT2D eigenvalue weighted by atomic mass is 16.4. The number of carbonyl (C=O) groups is 3. The van der Waals surface area contributed by atoms with Crippen LogP contribution in [0.2, 0.25) is 0 Å². The number of nitrogens with zero attached hydrogens (tertiary/aromatic N) is 4. The number of carboxylic acids is 1. The fourth-order valence-corrected chi connectivity index (χ4v) is 4.78. The molecular weight excluding hydrogens is 486 g/mol. The SMILES string of the molecule is CC(=N)c1ccc(C(=O)N2CCN(C(=O)c3cc(CN4CCN(C(=N)N)CC4)cc(C(=O)O)c3)CC2)cc1. The molecule has 0 aromatic heterocycles. The molecule has 2 aliphatic rings. The highest BCUT2D eigenvalue weighted by Gasteiger charge is 2.27. The van der Waals surface area contributed by atoms with E-state index in [1.54, 1.807) is 58.0 Å². The molecule has 0 bridgehead atoms. The van der Waals surface area contributed by atoms with Gasteiger partial charge in [0.2, 0.25) is 0 Å². The van der Waals surface area contributed by atoms with E-state index in [4.69, 9.17) is 16.6 Å². The van der Waals surface area contributed by atoms with Crippen LogP contribution in [0.3, 0.4) is 0 Å². The summed E-state index contributed by atoms with van der Waals surface area (Å²) in [7, 11) is 0. The maximum atomic E-state index is 13.3. The van der Waals surface area contributed by atoms with Crippen molar-refractivity contribution in [1.82, 2.24) is 19.6 Å². The van der Waals surface area contributed by atoms with Crippen molar-refractivity contribution in [3.63, 3.8) is 0 Å². The molecule has 2 aromatic carbocycles. The molecule has 0 saturated carbocycles. The highest BCUT2D eigenvalue weighted by Crippen LogP contribution is 2.18. The summed E-state index contributed by atoms with van der Waals surface area (Å²) in [5, 5.41) is 24.9. The zero-order valence-electron chi connectivity index (χ0n) is 21.4. The van der Waals surface area contributed by atoms with E-state index in [0.29, 0.717) is 75.7 Å². The van der Waals surface area contributed by atoms with Gasteiger partial charge in [-0.3, -0.25) is 19.9 Å². The van der Waals surface area contributed by atoms with Crippen LogP contribution < -0.4 is 5.73 Å². The van der Waals surface area contributed by atoms with Gasteiger partial charge in [0.15, 0.2) is 5.96 Å². The van der Waals surface area contributed by atoms with E-state index in [-0.39, 0.29) is 23.3 Å². The first-order valence-corrected chi connectivity index (χ1v) is 12.5. The molecule has 4 rings (SSSR count). The number of piperazine rings is 2. The minimum Gasteiger partial charge on any atom is -0.478 e. The van der Waals surface area contributed by atoms with Crippen LogP contribution in [-0.2, 0) is 6.54 Å². The standard InChI is InChI=1S/C27H33N7O4/c1-18(28)20-2-4-21(5-3-20)24(35)32-10-12-33(13-11-32)25(36)22-14-19(15-23(16-22)26(37)38)17-31-6-8-34(9-7-31)27(29)30/h2-5,14-16,28H,6-13,17H2,1H3,(H3,29,30)(H,37,38). The van der Waals surface area contributed by atoms with Gasteiger partial charge in [-0.25, -0.2) is 4.79 Å². The minimum atomic E-state index is -1.10. The first-order chi connectivity index (χ1) is 18.1. The first kappa shape index (κ1) is 26.8. The lowest BCUT2D eigenvalue weighted by molar-refractivity contribution is 0.0535. The summed E-state index contributed by atoms with van der Waals surface area (Å²) in [5.74, 6) is -1.43. The van der Waals surface area contributed by atoms with Gasteiger partial charge < -0.3 is 30.9 Å². The van der Waals surface area contributed by atoms with E-state index >= 15 is 0 Å². The maximum absolute atomic E-state index is 13.3. The van der Waals surface area contributed by atoms with Crippen LogP contribution in [0, 0.1) is 10.8 Å². The van der Waals surface area contributed by atoms with Crippen molar-refractivity contribution in [1.29, 1.82) is 10.8 Å². The Morgan fingerprint density at radius 3 is 1.71 bits per heavy atom. The van der Waals surface area contributed by atoms with Crippen molar-refractivity contribution in [2.45, 2.75) is 13.5 Å². The third-order valence-electron chi connectivity index (χ3n) is 7.02. The largest absolute Gasteiger partial charge is 0.478 e. The number of amides is 2. The van der Waals surface area contributed by atoms with Crippen molar-refractivity contribution in [3.05, 3.63) is 70.3 Å². The van der Waals surface area contributed by atoms with Crippen molar-refractivity contribution in [2.24, 2.45) is 5.73 Å². The van der Waals surface area contributed by atoms with Crippen LogP contribution in [0.25, 0.3) is 0 Å². The molecule has 0 atom stereocenters. The Morgan fingerprint density at radius 2 is 1.21 bits per heavy atom. The molecule has 5 N–H and O–H groups in total. The Bertz CT molecular complexity index is 1240. The summed E-state index contributed by atoms with van der Waals surface area (Å²) in [6.07, 6.45) is 0. The van der Waals surface area contributed by atoms with E-state index in [0.717, 1.165) is 11.1 Å².